The van der Waals surface area contributed by atoms with Crippen molar-refractivity contribution in [2.24, 2.45) is 5.92 Å². The van der Waals surface area contributed by atoms with Crippen LogP contribution in [0.2, 0.25) is 0 Å². The Kier molecular flexibility index (Phi) is 7.13. The first-order chi connectivity index (χ1) is 12.7. The van der Waals surface area contributed by atoms with E-state index < -0.39 is 0 Å². The lowest BCUT2D eigenvalue weighted by Gasteiger charge is -2.25. The second-order valence-corrected chi connectivity index (χ2v) is 7.49. The minimum Gasteiger partial charge on any atom is -0.484 e. The molecule has 1 N–H and O–H groups in total. The van der Waals surface area contributed by atoms with E-state index in [9.17, 15) is 0 Å². The molecule has 1 aromatic carbocycles. The number of aryl methyl sites for hydroxylation is 1. The maximum absolute atomic E-state index is 5.97. The molecule has 1 heterocycles. The van der Waals surface area contributed by atoms with Crippen LogP contribution in [0.3, 0.4) is 0 Å². The molecule has 142 valence electrons. The van der Waals surface area contributed by atoms with Crippen LogP contribution in [-0.4, -0.2) is 11.0 Å². The smallest absolute Gasteiger partial charge is 0.232 e. The van der Waals surface area contributed by atoms with Gasteiger partial charge in [-0.25, -0.2) is 4.98 Å². The average molecular weight is 357 g/mol. The Morgan fingerprint density at radius 2 is 2.04 bits per heavy atom. The molecule has 0 spiro atoms. The summed E-state index contributed by atoms with van der Waals surface area (Å²) >= 11 is 0. The van der Waals surface area contributed by atoms with Gasteiger partial charge >= 0.3 is 0 Å². The molecule has 3 rings (SSSR count). The fraction of sp³-hybridized carbons (Fsp3) is 0.591. The normalized spacial score (nSPS) is 16.5. The molecule has 0 radical (unpaired) electrons. The highest BCUT2D eigenvalue weighted by Crippen LogP contribution is 2.27. The first-order valence-corrected chi connectivity index (χ1v) is 10.1. The van der Waals surface area contributed by atoms with Crippen molar-refractivity contribution in [3.8, 4) is 5.75 Å². The summed E-state index contributed by atoms with van der Waals surface area (Å²) in [6.45, 7) is 5.56. The van der Waals surface area contributed by atoms with Crippen molar-refractivity contribution in [3.05, 3.63) is 47.7 Å². The molecule has 1 atom stereocenters. The molecule has 0 bridgehead atoms. The van der Waals surface area contributed by atoms with E-state index in [1.165, 1.54) is 44.1 Å². The monoisotopic (exact) mass is 356 g/mol. The third kappa shape index (κ3) is 5.60. The molecule has 0 saturated heterocycles. The van der Waals surface area contributed by atoms with Gasteiger partial charge in [0, 0.05) is 24.6 Å². The Labute approximate surface area is 157 Å². The van der Waals surface area contributed by atoms with E-state index in [-0.39, 0.29) is 0 Å². The van der Waals surface area contributed by atoms with Crippen LogP contribution in [0.25, 0.3) is 0 Å². The maximum atomic E-state index is 5.97. The van der Waals surface area contributed by atoms with Gasteiger partial charge in [-0.2, -0.15) is 0 Å². The van der Waals surface area contributed by atoms with Gasteiger partial charge in [-0.3, -0.25) is 0 Å². The number of nitrogens with zero attached hydrogens (tertiary/aromatic N) is 1. The van der Waals surface area contributed by atoms with Crippen LogP contribution in [0.1, 0.15) is 69.6 Å². The van der Waals surface area contributed by atoms with Crippen LogP contribution in [0, 0.1) is 5.92 Å². The molecule has 26 heavy (non-hydrogen) atoms. The first kappa shape index (κ1) is 19.0. The number of rotatable bonds is 9. The summed E-state index contributed by atoms with van der Waals surface area (Å²) < 4.78 is 11.6. The Bertz CT molecular complexity index is 662. The third-order valence-electron chi connectivity index (χ3n) is 5.33. The van der Waals surface area contributed by atoms with Gasteiger partial charge in [-0.1, -0.05) is 57.2 Å². The summed E-state index contributed by atoms with van der Waals surface area (Å²) in [6, 6.07) is 8.76. The van der Waals surface area contributed by atoms with Crippen LogP contribution >= 0.6 is 0 Å². The lowest BCUT2D eigenvalue weighted by Crippen LogP contribution is -2.28. The van der Waals surface area contributed by atoms with Crippen molar-refractivity contribution in [2.45, 2.75) is 78.0 Å². The highest BCUT2D eigenvalue weighted by Gasteiger charge is 2.16. The van der Waals surface area contributed by atoms with Gasteiger partial charge in [-0.05, 0) is 25.3 Å². The van der Waals surface area contributed by atoms with E-state index in [0.29, 0.717) is 18.5 Å². The second-order valence-electron chi connectivity index (χ2n) is 7.49. The lowest BCUT2D eigenvalue weighted by atomic mass is 9.85. The summed E-state index contributed by atoms with van der Waals surface area (Å²) in [7, 11) is 0. The molecule has 1 saturated carbocycles. The average Bonchev–Trinajstić information content (AvgIpc) is 3.14. The summed E-state index contributed by atoms with van der Waals surface area (Å²) in [4.78, 5) is 4.26. The minimum atomic E-state index is 0.370. The standard InChI is InChI=1S/C22H32N2O2/c1-3-20-15-24-22(26-20)16-25-21-12-8-7-11-19(21)14-23-17(2)13-18-9-5-4-6-10-18/h7-8,11-12,15,17-18,23H,3-6,9-10,13-14,16H2,1-2H3. The van der Waals surface area contributed by atoms with Gasteiger partial charge in [0.25, 0.3) is 0 Å². The van der Waals surface area contributed by atoms with E-state index in [1.807, 2.05) is 12.1 Å². The van der Waals surface area contributed by atoms with E-state index in [2.05, 4.69) is 36.3 Å². The molecule has 1 aliphatic rings. The molecule has 1 fully saturated rings. The van der Waals surface area contributed by atoms with Gasteiger partial charge in [-0.15, -0.1) is 0 Å². The molecule has 1 aromatic heterocycles. The summed E-state index contributed by atoms with van der Waals surface area (Å²) in [6.07, 6.45) is 11.0. The predicted molar refractivity (Wildman–Crippen MR) is 104 cm³/mol. The van der Waals surface area contributed by atoms with Crippen molar-refractivity contribution >= 4 is 0 Å². The minimum absolute atomic E-state index is 0.370. The molecule has 1 aliphatic carbocycles. The molecule has 0 aliphatic heterocycles. The zero-order valence-corrected chi connectivity index (χ0v) is 16.2. The fourth-order valence-corrected chi connectivity index (χ4v) is 3.80. The molecule has 1 unspecified atom stereocenters. The largest absolute Gasteiger partial charge is 0.484 e. The van der Waals surface area contributed by atoms with E-state index >= 15 is 0 Å². The van der Waals surface area contributed by atoms with Crippen LogP contribution in [-0.2, 0) is 19.6 Å². The lowest BCUT2D eigenvalue weighted by molar-refractivity contribution is 0.255. The van der Waals surface area contributed by atoms with Gasteiger partial charge in [0.2, 0.25) is 5.89 Å². The SMILES string of the molecule is CCc1cnc(COc2ccccc2CNC(C)CC2CCCCC2)o1. The van der Waals surface area contributed by atoms with E-state index in [4.69, 9.17) is 9.15 Å². The summed E-state index contributed by atoms with van der Waals surface area (Å²) in [5.74, 6) is 3.34. The Hall–Kier alpha value is -1.81. The number of para-hydroxylation sites is 1. The van der Waals surface area contributed by atoms with Crippen molar-refractivity contribution in [1.82, 2.24) is 10.3 Å². The topological polar surface area (TPSA) is 47.3 Å². The van der Waals surface area contributed by atoms with Gasteiger partial charge in [0.1, 0.15) is 11.5 Å². The quantitative estimate of drug-likeness (QED) is 0.665. The van der Waals surface area contributed by atoms with Gasteiger partial charge in [0.05, 0.1) is 6.20 Å². The summed E-state index contributed by atoms with van der Waals surface area (Å²) in [5, 5.41) is 3.68. The maximum Gasteiger partial charge on any atom is 0.232 e. The fourth-order valence-electron chi connectivity index (χ4n) is 3.80. The number of ether oxygens (including phenoxy) is 1. The van der Waals surface area contributed by atoms with E-state index in [1.54, 1.807) is 6.20 Å². The Morgan fingerprint density at radius 1 is 1.23 bits per heavy atom. The van der Waals surface area contributed by atoms with E-state index in [0.717, 1.165) is 30.4 Å². The molecule has 0 amide bonds. The van der Waals surface area contributed by atoms with Gasteiger partial charge < -0.3 is 14.5 Å². The Morgan fingerprint density at radius 3 is 2.81 bits per heavy atom. The van der Waals surface area contributed by atoms with Gasteiger partial charge in [0.15, 0.2) is 6.61 Å². The summed E-state index contributed by atoms with van der Waals surface area (Å²) in [5.41, 5.74) is 1.19. The number of oxazole rings is 1. The number of hydrogen-bond donors (Lipinski definition) is 1. The molecule has 4 nitrogen and oxygen atoms in total. The predicted octanol–water partition coefficient (Wildman–Crippen LogP) is 5.26. The number of nitrogens with one attached hydrogen (secondary N) is 1. The van der Waals surface area contributed by atoms with Crippen molar-refractivity contribution in [3.63, 3.8) is 0 Å². The van der Waals surface area contributed by atoms with Crippen LogP contribution < -0.4 is 10.1 Å². The number of benzene rings is 1. The van der Waals surface area contributed by atoms with Crippen LogP contribution in [0.4, 0.5) is 0 Å². The number of hydrogen-bond acceptors (Lipinski definition) is 4. The first-order valence-electron chi connectivity index (χ1n) is 10.1. The molecule has 2 aromatic rings. The highest BCUT2D eigenvalue weighted by molar-refractivity contribution is 5.33. The molecular weight excluding hydrogens is 324 g/mol. The van der Waals surface area contributed by atoms with Crippen molar-refractivity contribution < 1.29 is 9.15 Å². The highest BCUT2D eigenvalue weighted by atomic mass is 16.5. The Balaban J connectivity index is 1.49. The zero-order valence-electron chi connectivity index (χ0n) is 16.2. The third-order valence-corrected chi connectivity index (χ3v) is 5.33. The zero-order chi connectivity index (χ0) is 18.2. The second kappa shape index (κ2) is 9.77. The van der Waals surface area contributed by atoms with Crippen molar-refractivity contribution in [1.29, 1.82) is 0 Å². The van der Waals surface area contributed by atoms with Crippen LogP contribution in [0.15, 0.2) is 34.9 Å². The van der Waals surface area contributed by atoms with Crippen molar-refractivity contribution in [2.75, 3.05) is 0 Å². The molecule has 4 heteroatoms. The number of aromatic nitrogens is 1. The van der Waals surface area contributed by atoms with Crippen LogP contribution in [0.5, 0.6) is 5.75 Å². The molecular formula is C22H32N2O2.